The number of nitrogens with zero attached hydrogens (tertiary/aromatic N) is 5. The van der Waals surface area contributed by atoms with Crippen LogP contribution in [0.4, 0.5) is 11.4 Å². The number of aromatic hydroxyl groups is 1. The summed E-state index contributed by atoms with van der Waals surface area (Å²) in [6.07, 6.45) is 0. The average molecular weight is 619 g/mol. The highest BCUT2D eigenvalue weighted by Gasteiger charge is 2.23. The Morgan fingerprint density at radius 3 is 2.49 bits per heavy atom. The first-order valence-corrected chi connectivity index (χ1v) is 14.8. The van der Waals surface area contributed by atoms with Gasteiger partial charge in [0.1, 0.15) is 11.5 Å². The van der Waals surface area contributed by atoms with Crippen LogP contribution in [0.1, 0.15) is 27.0 Å². The zero-order chi connectivity index (χ0) is 31.5. The first kappa shape index (κ1) is 29.3. The van der Waals surface area contributed by atoms with Gasteiger partial charge in [-0.3, -0.25) is 14.9 Å². The van der Waals surface area contributed by atoms with Gasteiger partial charge in [0.25, 0.3) is 5.91 Å². The summed E-state index contributed by atoms with van der Waals surface area (Å²) in [4.78, 5) is 25.0. The molecular weight excluding hydrogens is 592 g/mol. The third kappa shape index (κ3) is 6.17. The van der Waals surface area contributed by atoms with E-state index in [2.05, 4.69) is 20.8 Å². The van der Waals surface area contributed by atoms with Crippen LogP contribution >= 0.6 is 11.8 Å². The van der Waals surface area contributed by atoms with E-state index in [0.717, 1.165) is 16.8 Å². The number of rotatable bonds is 9. The number of ether oxygens (including phenoxy) is 1. The Morgan fingerprint density at radius 2 is 1.71 bits per heavy atom. The quantitative estimate of drug-likeness (QED) is 0.0962. The summed E-state index contributed by atoms with van der Waals surface area (Å²) in [6.45, 7) is 3.79. The van der Waals surface area contributed by atoms with Crippen LogP contribution < -0.4 is 10.1 Å². The summed E-state index contributed by atoms with van der Waals surface area (Å²) in [5.41, 5.74) is 3.60. The first-order valence-electron chi connectivity index (χ1n) is 13.8. The van der Waals surface area contributed by atoms with E-state index in [1.165, 1.54) is 30.0 Å². The van der Waals surface area contributed by atoms with E-state index in [9.17, 15) is 20.0 Å². The van der Waals surface area contributed by atoms with Crippen molar-refractivity contribution in [2.45, 2.75) is 24.8 Å². The molecule has 224 valence electrons. The number of amides is 1. The van der Waals surface area contributed by atoms with E-state index in [1.54, 1.807) is 35.0 Å². The number of anilines is 1. The van der Waals surface area contributed by atoms with E-state index < -0.39 is 10.8 Å². The fourth-order valence-electron chi connectivity index (χ4n) is 4.79. The second-order valence-electron chi connectivity index (χ2n) is 10.2. The molecule has 6 aromatic rings. The Balaban J connectivity index is 1.30. The first-order chi connectivity index (χ1) is 21.8. The van der Waals surface area contributed by atoms with Gasteiger partial charge >= 0.3 is 5.69 Å². The van der Waals surface area contributed by atoms with Crippen molar-refractivity contribution in [3.8, 4) is 22.9 Å². The highest BCUT2D eigenvalue weighted by atomic mass is 32.2. The number of hydrogen-bond donors (Lipinski definition) is 2. The van der Waals surface area contributed by atoms with E-state index in [4.69, 9.17) is 4.74 Å². The van der Waals surface area contributed by atoms with Crippen LogP contribution in [-0.2, 0) is 5.75 Å². The molecule has 0 bridgehead atoms. The number of phenolic OH excluding ortho intramolecular Hbond substituents is 1. The Morgan fingerprint density at radius 1 is 0.956 bits per heavy atom. The lowest BCUT2D eigenvalue weighted by atomic mass is 10.0. The third-order valence-electron chi connectivity index (χ3n) is 7.11. The van der Waals surface area contributed by atoms with Crippen LogP contribution in [0.5, 0.6) is 17.2 Å². The highest BCUT2D eigenvalue weighted by molar-refractivity contribution is 7.98. The third-order valence-corrected chi connectivity index (χ3v) is 8.10. The number of aromatic nitrogens is 4. The molecule has 0 spiro atoms. The largest absolute Gasteiger partial charge is 0.506 e. The predicted molar refractivity (Wildman–Crippen MR) is 171 cm³/mol. The van der Waals surface area contributed by atoms with Crippen molar-refractivity contribution in [1.82, 2.24) is 20.2 Å². The van der Waals surface area contributed by atoms with Gasteiger partial charge in [-0.2, -0.15) is 4.68 Å². The van der Waals surface area contributed by atoms with Crippen LogP contribution in [0, 0.1) is 24.0 Å². The number of benzene rings is 5. The zero-order valence-electron chi connectivity index (χ0n) is 24.2. The number of nitro groups is 1. The lowest BCUT2D eigenvalue weighted by Gasteiger charge is -2.15. The molecule has 0 atom stereocenters. The Kier molecular flexibility index (Phi) is 8.12. The fraction of sp³-hybridized carbons (Fsp3) is 0.0909. The summed E-state index contributed by atoms with van der Waals surface area (Å²) in [5.74, 6) is -0.238. The van der Waals surface area contributed by atoms with Gasteiger partial charge in [-0.15, -0.1) is 5.10 Å². The minimum Gasteiger partial charge on any atom is -0.506 e. The van der Waals surface area contributed by atoms with E-state index >= 15 is 0 Å². The molecule has 0 radical (unpaired) electrons. The standard InChI is InChI=1S/C33H26N6O5S/c1-20-12-13-21(2)27(16-20)34-32(41)26-18-30(24-10-6-7-11-25(24)31(26)40)44-29-15-14-22(17-28(29)39(42)43)19-45-33-35-36-37-38(33)23-8-4-3-5-9-23/h3-18,40H,19H2,1-2H3,(H,34,41). The summed E-state index contributed by atoms with van der Waals surface area (Å²) in [5, 5.41) is 39.4. The molecule has 0 unspecified atom stereocenters. The number of aryl methyl sites for hydroxylation is 2. The molecule has 1 heterocycles. The molecule has 0 aliphatic rings. The van der Waals surface area contributed by atoms with Crippen molar-refractivity contribution in [1.29, 1.82) is 0 Å². The van der Waals surface area contributed by atoms with Gasteiger partial charge in [0.15, 0.2) is 0 Å². The van der Waals surface area contributed by atoms with E-state index in [-0.39, 0.29) is 28.5 Å². The van der Waals surface area contributed by atoms with E-state index in [0.29, 0.717) is 32.9 Å². The topological polar surface area (TPSA) is 145 Å². The van der Waals surface area contributed by atoms with Crippen molar-refractivity contribution in [2.24, 2.45) is 0 Å². The van der Waals surface area contributed by atoms with Gasteiger partial charge in [0.05, 0.1) is 16.2 Å². The molecule has 0 aliphatic carbocycles. The van der Waals surface area contributed by atoms with Crippen molar-refractivity contribution < 1.29 is 19.6 Å². The summed E-state index contributed by atoms with van der Waals surface area (Å²) in [6, 6.07) is 28.0. The average Bonchev–Trinajstić information content (AvgIpc) is 3.52. The SMILES string of the molecule is Cc1ccc(C)c(NC(=O)c2cc(Oc3ccc(CSc4nnnn4-c4ccccc4)cc3[N+](=O)[O-])c3ccccc3c2O)c1. The fourth-order valence-corrected chi connectivity index (χ4v) is 5.63. The Bertz CT molecular complexity index is 2060. The monoisotopic (exact) mass is 618 g/mol. The molecular formula is C33H26N6O5S. The maximum absolute atomic E-state index is 13.4. The predicted octanol–water partition coefficient (Wildman–Crippen LogP) is 7.38. The number of carbonyl (C=O) groups excluding carboxylic acids is 1. The normalized spacial score (nSPS) is 11.0. The number of phenols is 1. The lowest BCUT2D eigenvalue weighted by Crippen LogP contribution is -2.13. The molecule has 1 amide bonds. The smallest absolute Gasteiger partial charge is 0.311 e. The minimum absolute atomic E-state index is 0.0143. The summed E-state index contributed by atoms with van der Waals surface area (Å²) >= 11 is 1.33. The van der Waals surface area contributed by atoms with Crippen LogP contribution in [0.3, 0.4) is 0 Å². The van der Waals surface area contributed by atoms with E-state index in [1.807, 2.05) is 62.4 Å². The number of fused-ring (bicyclic) bond motifs is 1. The minimum atomic E-state index is -0.545. The highest BCUT2D eigenvalue weighted by Crippen LogP contribution is 2.41. The van der Waals surface area contributed by atoms with Crippen molar-refractivity contribution >= 4 is 39.8 Å². The lowest BCUT2D eigenvalue weighted by molar-refractivity contribution is -0.385. The zero-order valence-corrected chi connectivity index (χ0v) is 25.0. The van der Waals surface area contributed by atoms with Crippen molar-refractivity contribution in [3.05, 3.63) is 129 Å². The van der Waals surface area contributed by atoms with Crippen LogP contribution in [0.2, 0.25) is 0 Å². The number of hydrogen-bond acceptors (Lipinski definition) is 9. The Hall–Kier alpha value is -5.75. The van der Waals surface area contributed by atoms with Gasteiger partial charge in [0.2, 0.25) is 10.9 Å². The maximum Gasteiger partial charge on any atom is 0.311 e. The van der Waals surface area contributed by atoms with Crippen LogP contribution in [-0.4, -0.2) is 36.1 Å². The van der Waals surface area contributed by atoms with Crippen molar-refractivity contribution in [3.63, 3.8) is 0 Å². The molecule has 1 aromatic heterocycles. The number of thioether (sulfide) groups is 1. The maximum atomic E-state index is 13.4. The molecule has 0 aliphatic heterocycles. The van der Waals surface area contributed by atoms with Crippen molar-refractivity contribution in [2.75, 3.05) is 5.32 Å². The molecule has 12 heteroatoms. The van der Waals surface area contributed by atoms with Crippen LogP contribution in [0.15, 0.2) is 102 Å². The number of tetrazole rings is 1. The molecule has 2 N–H and O–H groups in total. The number of nitrogens with one attached hydrogen (secondary N) is 1. The van der Waals surface area contributed by atoms with Crippen LogP contribution in [0.25, 0.3) is 16.5 Å². The molecule has 5 aromatic carbocycles. The summed E-state index contributed by atoms with van der Waals surface area (Å²) < 4.78 is 7.73. The molecule has 6 rings (SSSR count). The van der Waals surface area contributed by atoms with Gasteiger partial charge in [0, 0.05) is 28.3 Å². The van der Waals surface area contributed by atoms with Gasteiger partial charge < -0.3 is 15.2 Å². The Labute approximate surface area is 261 Å². The molecule has 0 fully saturated rings. The molecule has 0 saturated carbocycles. The van der Waals surface area contributed by atoms with Gasteiger partial charge in [-0.25, -0.2) is 0 Å². The molecule has 0 saturated heterocycles. The van der Waals surface area contributed by atoms with Gasteiger partial charge in [-0.1, -0.05) is 72.4 Å². The second kappa shape index (κ2) is 12.5. The number of carbonyl (C=O) groups is 1. The summed E-state index contributed by atoms with van der Waals surface area (Å²) in [7, 11) is 0. The molecule has 45 heavy (non-hydrogen) atoms. The number of para-hydroxylation sites is 1. The van der Waals surface area contributed by atoms with Gasteiger partial charge in [-0.05, 0) is 71.3 Å². The second-order valence-corrected chi connectivity index (χ2v) is 11.2. The number of nitro benzene ring substituents is 1. The molecule has 11 nitrogen and oxygen atoms in total.